The molecule has 1 aromatic carbocycles. The number of methoxy groups -OCH3 is 1. The van der Waals surface area contributed by atoms with Crippen LogP contribution < -0.4 is 14.9 Å². The molecule has 1 saturated carbocycles. The summed E-state index contributed by atoms with van der Waals surface area (Å²) in [6, 6.07) is 5.05. The summed E-state index contributed by atoms with van der Waals surface area (Å²) in [5.74, 6) is 0.402. The van der Waals surface area contributed by atoms with Crippen LogP contribution in [0.5, 0.6) is 11.5 Å². The maximum atomic E-state index is 11.6. The molecule has 0 spiro atoms. The Kier molecular flexibility index (Phi) is 4.34. The van der Waals surface area contributed by atoms with Crippen LogP contribution in [0.1, 0.15) is 25.3 Å². The van der Waals surface area contributed by atoms with Gasteiger partial charge in [0.1, 0.15) is 0 Å². The van der Waals surface area contributed by atoms with Crippen molar-refractivity contribution in [3.63, 3.8) is 0 Å². The van der Waals surface area contributed by atoms with Crippen molar-refractivity contribution in [1.29, 1.82) is 0 Å². The van der Waals surface area contributed by atoms with Crippen molar-refractivity contribution >= 4 is 18.1 Å². The van der Waals surface area contributed by atoms with Gasteiger partial charge in [0.25, 0.3) is 0 Å². The molecule has 2 rings (SSSR count). The Labute approximate surface area is 116 Å². The monoisotopic (exact) mass is 276 g/mol. The summed E-state index contributed by atoms with van der Waals surface area (Å²) in [4.78, 5) is 22.3. The van der Waals surface area contributed by atoms with Gasteiger partial charge in [-0.1, -0.05) is 0 Å². The summed E-state index contributed by atoms with van der Waals surface area (Å²) < 4.78 is 10.5. The zero-order chi connectivity index (χ0) is 14.5. The molecule has 1 N–H and O–H groups in total. The molecule has 0 atom stereocenters. The second kappa shape index (κ2) is 6.18. The van der Waals surface area contributed by atoms with E-state index in [9.17, 15) is 9.59 Å². The molecule has 1 aliphatic carbocycles. The van der Waals surface area contributed by atoms with Gasteiger partial charge < -0.3 is 9.47 Å². The van der Waals surface area contributed by atoms with Crippen molar-refractivity contribution < 1.29 is 19.1 Å². The van der Waals surface area contributed by atoms with Gasteiger partial charge in [-0.3, -0.25) is 9.59 Å². The first-order chi connectivity index (χ1) is 9.60. The van der Waals surface area contributed by atoms with Crippen LogP contribution in [0.3, 0.4) is 0 Å². The Morgan fingerprint density at radius 2 is 2.10 bits per heavy atom. The zero-order valence-electron chi connectivity index (χ0n) is 11.4. The van der Waals surface area contributed by atoms with E-state index >= 15 is 0 Å². The number of hydrogen-bond donors (Lipinski definition) is 1. The Bertz CT molecular complexity index is 550. The van der Waals surface area contributed by atoms with Crippen molar-refractivity contribution in [3.05, 3.63) is 23.8 Å². The number of ether oxygens (including phenoxy) is 2. The molecule has 1 fully saturated rings. The molecule has 1 aromatic rings. The number of carbonyl (C=O) groups is 2. The number of carbonyl (C=O) groups excluding carboxylic acids is 2. The number of rotatable bonds is 5. The van der Waals surface area contributed by atoms with Crippen molar-refractivity contribution in [3.8, 4) is 11.5 Å². The molecule has 6 nitrogen and oxygen atoms in total. The van der Waals surface area contributed by atoms with Gasteiger partial charge in [0, 0.05) is 6.92 Å². The van der Waals surface area contributed by atoms with Gasteiger partial charge in [0.15, 0.2) is 11.5 Å². The average molecular weight is 276 g/mol. The number of nitrogens with zero attached hydrogens (tertiary/aromatic N) is 1. The van der Waals surface area contributed by atoms with Crippen LogP contribution in [0.15, 0.2) is 23.3 Å². The van der Waals surface area contributed by atoms with E-state index in [0.717, 1.165) is 18.4 Å². The molecule has 0 saturated heterocycles. The number of hydrogen-bond acceptors (Lipinski definition) is 5. The summed E-state index contributed by atoms with van der Waals surface area (Å²) in [6.07, 6.45) is 3.27. The normalized spacial score (nSPS) is 14.1. The highest BCUT2D eigenvalue weighted by Gasteiger charge is 2.32. The maximum absolute atomic E-state index is 11.6. The van der Waals surface area contributed by atoms with Gasteiger partial charge in [0.2, 0.25) is 5.91 Å². The van der Waals surface area contributed by atoms with Crippen LogP contribution in [-0.4, -0.2) is 25.2 Å². The van der Waals surface area contributed by atoms with E-state index in [4.69, 9.17) is 9.47 Å². The highest BCUT2D eigenvalue weighted by molar-refractivity contribution is 5.83. The van der Waals surface area contributed by atoms with Crippen LogP contribution >= 0.6 is 0 Å². The van der Waals surface area contributed by atoms with Crippen LogP contribution in [-0.2, 0) is 9.59 Å². The second-order valence-electron chi connectivity index (χ2n) is 4.53. The molecular formula is C14H16N2O4. The number of esters is 1. The van der Waals surface area contributed by atoms with E-state index < -0.39 is 0 Å². The zero-order valence-corrected chi connectivity index (χ0v) is 11.4. The van der Waals surface area contributed by atoms with Crippen molar-refractivity contribution in [2.24, 2.45) is 11.0 Å². The fraction of sp³-hybridized carbons (Fsp3) is 0.357. The van der Waals surface area contributed by atoms with Gasteiger partial charge in [-0.2, -0.15) is 5.10 Å². The Morgan fingerprint density at radius 3 is 2.70 bits per heavy atom. The predicted octanol–water partition coefficient (Wildman–Crippen LogP) is 1.48. The number of amides is 1. The van der Waals surface area contributed by atoms with Crippen molar-refractivity contribution in [1.82, 2.24) is 5.43 Å². The highest BCUT2D eigenvalue weighted by Crippen LogP contribution is 2.33. The topological polar surface area (TPSA) is 77.0 Å². The molecule has 0 aromatic heterocycles. The predicted molar refractivity (Wildman–Crippen MR) is 72.8 cm³/mol. The minimum Gasteiger partial charge on any atom is -0.493 e. The maximum Gasteiger partial charge on any atom is 0.314 e. The van der Waals surface area contributed by atoms with Gasteiger partial charge in [0.05, 0.1) is 19.2 Å². The molecule has 1 amide bonds. The Hall–Kier alpha value is -2.37. The minimum absolute atomic E-state index is 0.0284. The van der Waals surface area contributed by atoms with E-state index in [1.54, 1.807) is 18.2 Å². The Morgan fingerprint density at radius 1 is 1.35 bits per heavy atom. The molecule has 20 heavy (non-hydrogen) atoms. The molecule has 6 heteroatoms. The molecule has 0 aliphatic heterocycles. The lowest BCUT2D eigenvalue weighted by atomic mass is 10.2. The summed E-state index contributed by atoms with van der Waals surface area (Å²) in [6.45, 7) is 1.37. The van der Waals surface area contributed by atoms with E-state index in [2.05, 4.69) is 10.5 Å². The van der Waals surface area contributed by atoms with E-state index in [1.807, 2.05) is 0 Å². The highest BCUT2D eigenvalue weighted by atomic mass is 16.6. The molecule has 1 aliphatic rings. The van der Waals surface area contributed by atoms with Crippen molar-refractivity contribution in [2.45, 2.75) is 19.8 Å². The van der Waals surface area contributed by atoms with E-state index in [-0.39, 0.29) is 17.8 Å². The molecule has 106 valence electrons. The lowest BCUT2D eigenvalue weighted by Gasteiger charge is -2.09. The molecule has 0 unspecified atom stereocenters. The molecular weight excluding hydrogens is 260 g/mol. The SMILES string of the molecule is COc1cc(/C=N\NC(C)=O)ccc1OC(=O)C1CC1. The minimum atomic E-state index is -0.247. The van der Waals surface area contributed by atoms with Gasteiger partial charge in [-0.25, -0.2) is 5.43 Å². The Balaban J connectivity index is 2.08. The lowest BCUT2D eigenvalue weighted by molar-refractivity contribution is -0.135. The first-order valence-electron chi connectivity index (χ1n) is 6.29. The largest absolute Gasteiger partial charge is 0.493 e. The van der Waals surface area contributed by atoms with Gasteiger partial charge in [-0.15, -0.1) is 0 Å². The standard InChI is InChI=1S/C14H16N2O4/c1-9(17)16-15-8-10-3-6-12(13(7-10)19-2)20-14(18)11-4-5-11/h3,6-8,11H,4-5H2,1-2H3,(H,16,17)/b15-8-. The second-order valence-corrected chi connectivity index (χ2v) is 4.53. The summed E-state index contributed by atoms with van der Waals surface area (Å²) >= 11 is 0. The number of nitrogens with one attached hydrogen (secondary N) is 1. The van der Waals surface area contributed by atoms with Crippen LogP contribution in [0.2, 0.25) is 0 Å². The first-order valence-corrected chi connectivity index (χ1v) is 6.29. The summed E-state index contributed by atoms with van der Waals surface area (Å²) in [7, 11) is 1.50. The summed E-state index contributed by atoms with van der Waals surface area (Å²) in [5, 5.41) is 3.76. The van der Waals surface area contributed by atoms with Crippen LogP contribution in [0.4, 0.5) is 0 Å². The van der Waals surface area contributed by atoms with Crippen molar-refractivity contribution in [2.75, 3.05) is 7.11 Å². The third kappa shape index (κ3) is 3.81. The van der Waals surface area contributed by atoms with Gasteiger partial charge in [-0.05, 0) is 36.6 Å². The average Bonchev–Trinajstić information content (AvgIpc) is 3.24. The third-order valence-electron chi connectivity index (χ3n) is 2.74. The number of hydrazone groups is 1. The lowest BCUT2D eigenvalue weighted by Crippen LogP contribution is -2.12. The quantitative estimate of drug-likeness (QED) is 0.382. The fourth-order valence-corrected chi connectivity index (χ4v) is 1.56. The molecule has 0 heterocycles. The van der Waals surface area contributed by atoms with Gasteiger partial charge >= 0.3 is 5.97 Å². The third-order valence-corrected chi connectivity index (χ3v) is 2.74. The molecule has 0 radical (unpaired) electrons. The summed E-state index contributed by atoms with van der Waals surface area (Å²) in [5.41, 5.74) is 3.03. The smallest absolute Gasteiger partial charge is 0.314 e. The molecule has 0 bridgehead atoms. The van der Waals surface area contributed by atoms with E-state index in [1.165, 1.54) is 20.2 Å². The first kappa shape index (κ1) is 14.0. The number of benzene rings is 1. The van der Waals surface area contributed by atoms with E-state index in [0.29, 0.717) is 11.5 Å². The van der Waals surface area contributed by atoms with Crippen LogP contribution in [0.25, 0.3) is 0 Å². The van der Waals surface area contributed by atoms with Crippen LogP contribution in [0, 0.1) is 5.92 Å². The fourth-order valence-electron chi connectivity index (χ4n) is 1.56.